The topological polar surface area (TPSA) is 42.2 Å². The van der Waals surface area contributed by atoms with Gasteiger partial charge >= 0.3 is 6.09 Å². The molecule has 0 saturated heterocycles. The minimum absolute atomic E-state index is 0.208. The number of para-hydroxylation sites is 1. The first-order valence-electron chi connectivity index (χ1n) is 3.80. The molecule has 2 rings (SSSR count). The smallest absolute Gasteiger partial charge is 0.417 e. The number of carbonyl (C=O) groups is 1. The molecule has 3 nitrogen and oxygen atoms in total. The van der Waals surface area contributed by atoms with Crippen molar-refractivity contribution in [2.24, 2.45) is 0 Å². The molecule has 1 N–H and O–H groups in total. The van der Waals surface area contributed by atoms with E-state index in [0.29, 0.717) is 4.57 Å². The van der Waals surface area contributed by atoms with E-state index in [1.54, 1.807) is 12.1 Å². The quantitative estimate of drug-likeness (QED) is 0.731. The van der Waals surface area contributed by atoms with E-state index in [-0.39, 0.29) is 10.9 Å². The van der Waals surface area contributed by atoms with Gasteiger partial charge in [0.15, 0.2) is 11.0 Å². The van der Waals surface area contributed by atoms with E-state index in [2.05, 4.69) is 0 Å². The van der Waals surface area contributed by atoms with Crippen LogP contribution in [0.1, 0.15) is 0 Å². The van der Waals surface area contributed by atoms with Gasteiger partial charge in [0.25, 0.3) is 0 Å². The normalized spacial score (nSPS) is 10.7. The van der Waals surface area contributed by atoms with E-state index >= 15 is 0 Å². The number of nitrogens with zero attached hydrogens (tertiary/aromatic N) is 1. The Labute approximate surface area is 83.3 Å². The number of carboxylic acid groups (broad SMARTS) is 1. The molecule has 2 aromatic rings. The van der Waals surface area contributed by atoms with Gasteiger partial charge in [-0.05, 0) is 12.1 Å². The fourth-order valence-electron chi connectivity index (χ4n) is 1.36. The summed E-state index contributed by atoms with van der Waals surface area (Å²) in [5, 5.41) is 8.59. The van der Waals surface area contributed by atoms with Crippen LogP contribution in [0.4, 0.5) is 9.18 Å². The summed E-state index contributed by atoms with van der Waals surface area (Å²) in [6.45, 7) is 0. The molecule has 1 aromatic heterocycles. The van der Waals surface area contributed by atoms with Gasteiger partial charge in [0.1, 0.15) is 0 Å². The lowest BCUT2D eigenvalue weighted by Crippen LogP contribution is -2.07. The number of fused-ring (bicyclic) bond motifs is 1. The van der Waals surface area contributed by atoms with Crippen LogP contribution in [0.25, 0.3) is 10.9 Å². The standard InChI is InChI=1S/C9H5ClFNO2/c10-8-7(11)5-3-1-2-4-6(5)12(8)9(13)14/h1-4H,(H,13,14). The highest BCUT2D eigenvalue weighted by Gasteiger charge is 2.18. The molecule has 0 unspecified atom stereocenters. The van der Waals surface area contributed by atoms with Gasteiger partial charge in [0.05, 0.1) is 5.52 Å². The second-order valence-corrected chi connectivity index (χ2v) is 3.10. The first-order chi connectivity index (χ1) is 6.63. The van der Waals surface area contributed by atoms with Crippen molar-refractivity contribution in [3.05, 3.63) is 35.2 Å². The average molecular weight is 214 g/mol. The van der Waals surface area contributed by atoms with E-state index in [4.69, 9.17) is 16.7 Å². The minimum Gasteiger partial charge on any atom is -0.464 e. The summed E-state index contributed by atoms with van der Waals surface area (Å²) in [4.78, 5) is 10.8. The number of hydrogen-bond acceptors (Lipinski definition) is 1. The second kappa shape index (κ2) is 2.99. The lowest BCUT2D eigenvalue weighted by Gasteiger charge is -1.97. The summed E-state index contributed by atoms with van der Waals surface area (Å²) in [6.07, 6.45) is -1.30. The fourth-order valence-corrected chi connectivity index (χ4v) is 1.62. The van der Waals surface area contributed by atoms with Gasteiger partial charge in [-0.1, -0.05) is 23.7 Å². The number of benzene rings is 1. The van der Waals surface area contributed by atoms with E-state index in [9.17, 15) is 9.18 Å². The molecule has 0 bridgehead atoms. The van der Waals surface area contributed by atoms with Crippen LogP contribution in [0.2, 0.25) is 5.15 Å². The molecule has 0 atom stereocenters. The summed E-state index contributed by atoms with van der Waals surface area (Å²) in [5.41, 5.74) is 0.252. The van der Waals surface area contributed by atoms with Crippen LogP contribution in [0.15, 0.2) is 24.3 Å². The molecule has 0 saturated carbocycles. The summed E-state index contributed by atoms with van der Waals surface area (Å²) in [6, 6.07) is 6.22. The van der Waals surface area contributed by atoms with Crippen LogP contribution in [0, 0.1) is 5.82 Å². The van der Waals surface area contributed by atoms with Crippen LogP contribution >= 0.6 is 11.6 Å². The van der Waals surface area contributed by atoms with Crippen LogP contribution in [0.3, 0.4) is 0 Å². The Morgan fingerprint density at radius 1 is 1.43 bits per heavy atom. The summed E-state index contributed by atoms with van der Waals surface area (Å²) in [7, 11) is 0. The van der Waals surface area contributed by atoms with Crippen molar-refractivity contribution in [1.29, 1.82) is 0 Å². The van der Waals surface area contributed by atoms with Crippen molar-refractivity contribution in [3.63, 3.8) is 0 Å². The van der Waals surface area contributed by atoms with Crippen LogP contribution in [0.5, 0.6) is 0 Å². The van der Waals surface area contributed by atoms with Gasteiger partial charge in [0.2, 0.25) is 0 Å². The molecule has 1 aromatic carbocycles. The zero-order chi connectivity index (χ0) is 10.3. The molecule has 0 fully saturated rings. The van der Waals surface area contributed by atoms with Crippen molar-refractivity contribution in [2.75, 3.05) is 0 Å². The molecular weight excluding hydrogens is 209 g/mol. The molecule has 72 valence electrons. The Morgan fingerprint density at radius 3 is 2.71 bits per heavy atom. The van der Waals surface area contributed by atoms with E-state index in [1.165, 1.54) is 12.1 Å². The largest absolute Gasteiger partial charge is 0.464 e. The molecule has 0 aliphatic heterocycles. The van der Waals surface area contributed by atoms with Gasteiger partial charge in [-0.2, -0.15) is 0 Å². The lowest BCUT2D eigenvalue weighted by atomic mass is 10.2. The van der Waals surface area contributed by atoms with Crippen LogP contribution in [-0.2, 0) is 0 Å². The third-order valence-corrected chi connectivity index (χ3v) is 2.29. The van der Waals surface area contributed by atoms with Crippen molar-refractivity contribution < 1.29 is 14.3 Å². The molecular formula is C9H5ClFNO2. The maximum atomic E-state index is 13.4. The molecule has 0 amide bonds. The minimum atomic E-state index is -1.30. The zero-order valence-electron chi connectivity index (χ0n) is 6.87. The monoisotopic (exact) mass is 213 g/mol. The fraction of sp³-hybridized carbons (Fsp3) is 0. The Kier molecular flexibility index (Phi) is 1.93. The third kappa shape index (κ3) is 1.08. The molecule has 0 spiro atoms. The van der Waals surface area contributed by atoms with Gasteiger partial charge in [-0.3, -0.25) is 0 Å². The lowest BCUT2D eigenvalue weighted by molar-refractivity contribution is 0.197. The Bertz CT molecular complexity index is 521. The van der Waals surface area contributed by atoms with E-state index in [1.807, 2.05) is 0 Å². The van der Waals surface area contributed by atoms with Crippen LogP contribution in [-0.4, -0.2) is 15.8 Å². The Balaban J connectivity index is 2.95. The highest BCUT2D eigenvalue weighted by atomic mass is 35.5. The van der Waals surface area contributed by atoms with Crippen molar-refractivity contribution >= 4 is 28.6 Å². The SMILES string of the molecule is O=C(O)n1c(Cl)c(F)c2ccccc21. The number of rotatable bonds is 0. The first-order valence-corrected chi connectivity index (χ1v) is 4.18. The number of aromatic nitrogens is 1. The third-order valence-electron chi connectivity index (χ3n) is 1.95. The predicted molar refractivity (Wildman–Crippen MR) is 50.3 cm³/mol. The highest BCUT2D eigenvalue weighted by molar-refractivity contribution is 6.32. The van der Waals surface area contributed by atoms with E-state index in [0.717, 1.165) is 0 Å². The average Bonchev–Trinajstić information content (AvgIpc) is 2.41. The Hall–Kier alpha value is -1.55. The van der Waals surface area contributed by atoms with Crippen LogP contribution < -0.4 is 0 Å². The first kappa shape index (κ1) is 9.02. The summed E-state index contributed by atoms with van der Waals surface area (Å²) < 4.78 is 14.1. The van der Waals surface area contributed by atoms with Gasteiger partial charge in [-0.25, -0.2) is 13.8 Å². The molecule has 0 aliphatic carbocycles. The Morgan fingerprint density at radius 2 is 2.07 bits per heavy atom. The van der Waals surface area contributed by atoms with E-state index < -0.39 is 17.1 Å². The van der Waals surface area contributed by atoms with Gasteiger partial charge in [-0.15, -0.1) is 0 Å². The summed E-state index contributed by atoms with van der Waals surface area (Å²) in [5.74, 6) is -0.704. The second-order valence-electron chi connectivity index (χ2n) is 2.74. The molecule has 0 radical (unpaired) electrons. The summed E-state index contributed by atoms with van der Waals surface area (Å²) >= 11 is 5.54. The molecule has 0 aliphatic rings. The maximum absolute atomic E-state index is 13.4. The number of hydrogen-bond donors (Lipinski definition) is 1. The van der Waals surface area contributed by atoms with Gasteiger partial charge < -0.3 is 5.11 Å². The van der Waals surface area contributed by atoms with Crippen molar-refractivity contribution in [3.8, 4) is 0 Å². The van der Waals surface area contributed by atoms with Gasteiger partial charge in [0, 0.05) is 5.39 Å². The zero-order valence-corrected chi connectivity index (χ0v) is 7.62. The highest BCUT2D eigenvalue weighted by Crippen LogP contribution is 2.27. The number of halogens is 2. The molecule has 1 heterocycles. The van der Waals surface area contributed by atoms with Crippen molar-refractivity contribution in [1.82, 2.24) is 4.57 Å². The molecule has 5 heteroatoms. The molecule has 14 heavy (non-hydrogen) atoms. The van der Waals surface area contributed by atoms with Crippen molar-refractivity contribution in [2.45, 2.75) is 0 Å². The predicted octanol–water partition coefficient (Wildman–Crippen LogP) is 2.96. The maximum Gasteiger partial charge on any atom is 0.417 e.